The smallest absolute Gasteiger partial charge is 0.258 e. The van der Waals surface area contributed by atoms with Crippen molar-refractivity contribution in [3.8, 4) is 11.4 Å². The van der Waals surface area contributed by atoms with Gasteiger partial charge in [0.1, 0.15) is 0 Å². The first kappa shape index (κ1) is 11.0. The van der Waals surface area contributed by atoms with Crippen LogP contribution < -0.4 is 0 Å². The predicted octanol–water partition coefficient (Wildman–Crippen LogP) is 1.29. The second kappa shape index (κ2) is 4.16. The number of halogens is 1. The van der Waals surface area contributed by atoms with Crippen molar-refractivity contribution >= 4 is 5.69 Å². The Balaban J connectivity index is 2.50. The maximum Gasteiger partial charge on any atom is 0.305 e. The molecule has 0 spiro atoms. The highest BCUT2D eigenvalue weighted by Crippen LogP contribution is 2.23. The summed E-state index contributed by atoms with van der Waals surface area (Å²) in [5.74, 6) is -0.421. The molecular formula is C9H6FN5O2. The number of aryl methyl sites for hydroxylation is 1. The number of nitro benzene ring substituents is 1. The molecule has 0 bridgehead atoms. The summed E-state index contributed by atoms with van der Waals surface area (Å²) in [6.45, 7) is 1.61. The second-order valence-electron chi connectivity index (χ2n) is 3.19. The highest BCUT2D eigenvalue weighted by molar-refractivity contribution is 5.58. The van der Waals surface area contributed by atoms with Gasteiger partial charge in [0.05, 0.1) is 4.92 Å². The summed E-state index contributed by atoms with van der Waals surface area (Å²) < 4.78 is 13.1. The summed E-state index contributed by atoms with van der Waals surface area (Å²) in [4.78, 5) is 9.74. The fourth-order valence-corrected chi connectivity index (χ4v) is 1.19. The van der Waals surface area contributed by atoms with Crippen molar-refractivity contribution in [2.24, 2.45) is 0 Å². The first-order chi connectivity index (χ1) is 8.08. The molecule has 0 aliphatic rings. The molecule has 7 nitrogen and oxygen atoms in total. The van der Waals surface area contributed by atoms with Crippen LogP contribution in [0.3, 0.4) is 0 Å². The number of hydrogen-bond donors (Lipinski definition) is 0. The predicted molar refractivity (Wildman–Crippen MR) is 54.4 cm³/mol. The van der Waals surface area contributed by atoms with Crippen LogP contribution in [0.25, 0.3) is 11.4 Å². The van der Waals surface area contributed by atoms with E-state index in [9.17, 15) is 14.5 Å². The standard InChI is InChI=1S/C9H6FN5O2/c1-5-11-13-9(14-12-5)6-2-3-7(10)8(4-6)15(16)17/h2-4H,1H3. The number of hydrogen-bond acceptors (Lipinski definition) is 6. The number of rotatable bonds is 2. The molecule has 1 aromatic carbocycles. The maximum atomic E-state index is 13.1. The Hall–Kier alpha value is -2.51. The quantitative estimate of drug-likeness (QED) is 0.574. The first-order valence-electron chi connectivity index (χ1n) is 4.56. The lowest BCUT2D eigenvalue weighted by atomic mass is 10.2. The Bertz CT molecular complexity index is 572. The van der Waals surface area contributed by atoms with E-state index in [2.05, 4.69) is 20.4 Å². The highest BCUT2D eigenvalue weighted by atomic mass is 19.1. The van der Waals surface area contributed by atoms with Crippen LogP contribution in [0.5, 0.6) is 0 Å². The summed E-state index contributed by atoms with van der Waals surface area (Å²) in [7, 11) is 0. The molecule has 2 aromatic rings. The summed E-state index contributed by atoms with van der Waals surface area (Å²) in [5, 5.41) is 25.3. The molecule has 0 N–H and O–H groups in total. The van der Waals surface area contributed by atoms with Crippen molar-refractivity contribution in [1.29, 1.82) is 0 Å². The summed E-state index contributed by atoms with van der Waals surface area (Å²) in [6, 6.07) is 3.36. The van der Waals surface area contributed by atoms with Crippen molar-refractivity contribution in [1.82, 2.24) is 20.4 Å². The van der Waals surface area contributed by atoms with Crippen LogP contribution in [0.1, 0.15) is 5.82 Å². The van der Waals surface area contributed by atoms with Crippen molar-refractivity contribution < 1.29 is 9.31 Å². The molecule has 0 saturated heterocycles. The van der Waals surface area contributed by atoms with Crippen molar-refractivity contribution in [3.05, 3.63) is 40.0 Å². The summed E-state index contributed by atoms with van der Waals surface area (Å²) >= 11 is 0. The molecule has 0 atom stereocenters. The largest absolute Gasteiger partial charge is 0.305 e. The van der Waals surface area contributed by atoms with E-state index in [0.717, 1.165) is 12.1 Å². The van der Waals surface area contributed by atoms with E-state index >= 15 is 0 Å². The van der Waals surface area contributed by atoms with Gasteiger partial charge < -0.3 is 0 Å². The third-order valence-electron chi connectivity index (χ3n) is 1.98. The normalized spacial score (nSPS) is 10.2. The van der Waals surface area contributed by atoms with Gasteiger partial charge in [-0.05, 0) is 19.1 Å². The summed E-state index contributed by atoms with van der Waals surface area (Å²) in [5.41, 5.74) is -0.343. The number of benzene rings is 1. The lowest BCUT2D eigenvalue weighted by molar-refractivity contribution is -0.387. The number of aromatic nitrogens is 4. The van der Waals surface area contributed by atoms with Crippen molar-refractivity contribution in [2.75, 3.05) is 0 Å². The van der Waals surface area contributed by atoms with Crippen molar-refractivity contribution in [2.45, 2.75) is 6.92 Å². The van der Waals surface area contributed by atoms with Gasteiger partial charge in [0.2, 0.25) is 11.6 Å². The van der Waals surface area contributed by atoms with Gasteiger partial charge in [-0.15, -0.1) is 20.4 Å². The topological polar surface area (TPSA) is 94.7 Å². The zero-order chi connectivity index (χ0) is 12.4. The fourth-order valence-electron chi connectivity index (χ4n) is 1.19. The molecule has 1 heterocycles. The fraction of sp³-hybridized carbons (Fsp3) is 0.111. The maximum absolute atomic E-state index is 13.1. The van der Waals surface area contributed by atoms with E-state index in [1.807, 2.05) is 0 Å². The zero-order valence-electron chi connectivity index (χ0n) is 8.66. The Kier molecular flexibility index (Phi) is 2.69. The average Bonchev–Trinajstić information content (AvgIpc) is 2.30. The third-order valence-corrected chi connectivity index (χ3v) is 1.98. The minimum atomic E-state index is -0.910. The third kappa shape index (κ3) is 2.19. The summed E-state index contributed by atoms with van der Waals surface area (Å²) in [6.07, 6.45) is 0. The van der Waals surface area contributed by atoms with Crippen LogP contribution in [0.15, 0.2) is 18.2 Å². The molecule has 0 radical (unpaired) electrons. The minimum Gasteiger partial charge on any atom is -0.258 e. The molecule has 0 aliphatic heterocycles. The highest BCUT2D eigenvalue weighted by Gasteiger charge is 2.16. The van der Waals surface area contributed by atoms with Gasteiger partial charge >= 0.3 is 5.69 Å². The van der Waals surface area contributed by atoms with Gasteiger partial charge in [0.15, 0.2) is 5.82 Å². The zero-order valence-corrected chi connectivity index (χ0v) is 8.66. The first-order valence-corrected chi connectivity index (χ1v) is 4.56. The van der Waals surface area contributed by atoms with Gasteiger partial charge in [-0.3, -0.25) is 10.1 Å². The van der Waals surface area contributed by atoms with Crippen LogP contribution in [0.4, 0.5) is 10.1 Å². The molecule has 0 unspecified atom stereocenters. The Morgan fingerprint density at radius 2 is 1.88 bits per heavy atom. The van der Waals surface area contributed by atoms with E-state index in [1.165, 1.54) is 6.07 Å². The molecule has 0 aliphatic carbocycles. The minimum absolute atomic E-state index is 0.110. The average molecular weight is 235 g/mol. The molecule has 86 valence electrons. The molecule has 0 fully saturated rings. The van der Waals surface area contributed by atoms with E-state index in [-0.39, 0.29) is 11.4 Å². The van der Waals surface area contributed by atoms with Gasteiger partial charge in [-0.1, -0.05) is 0 Å². The second-order valence-corrected chi connectivity index (χ2v) is 3.19. The van der Waals surface area contributed by atoms with Crippen LogP contribution in [-0.4, -0.2) is 25.3 Å². The molecule has 17 heavy (non-hydrogen) atoms. The van der Waals surface area contributed by atoms with Gasteiger partial charge in [-0.2, -0.15) is 4.39 Å². The molecule has 1 aromatic heterocycles. The molecule has 0 amide bonds. The van der Waals surface area contributed by atoms with Crippen LogP contribution >= 0.6 is 0 Å². The number of nitro groups is 1. The van der Waals surface area contributed by atoms with E-state index < -0.39 is 16.4 Å². The van der Waals surface area contributed by atoms with Gasteiger partial charge in [0.25, 0.3) is 0 Å². The Labute approximate surface area is 94.5 Å². The SMILES string of the molecule is Cc1nnc(-c2ccc(F)c([N+](=O)[O-])c2)nn1. The lowest BCUT2D eigenvalue weighted by Gasteiger charge is -1.99. The monoisotopic (exact) mass is 235 g/mol. The Morgan fingerprint density at radius 3 is 2.47 bits per heavy atom. The van der Waals surface area contributed by atoms with Crippen LogP contribution in [-0.2, 0) is 0 Å². The molecule has 8 heteroatoms. The van der Waals surface area contributed by atoms with E-state index in [1.54, 1.807) is 6.92 Å². The Morgan fingerprint density at radius 1 is 1.24 bits per heavy atom. The van der Waals surface area contributed by atoms with E-state index in [4.69, 9.17) is 0 Å². The van der Waals surface area contributed by atoms with Gasteiger partial charge in [0, 0.05) is 11.6 Å². The van der Waals surface area contributed by atoms with E-state index in [0.29, 0.717) is 5.82 Å². The molecule has 2 rings (SSSR count). The van der Waals surface area contributed by atoms with Crippen LogP contribution in [0.2, 0.25) is 0 Å². The van der Waals surface area contributed by atoms with Gasteiger partial charge in [-0.25, -0.2) is 0 Å². The molecule has 0 saturated carbocycles. The van der Waals surface area contributed by atoms with Crippen LogP contribution in [0, 0.1) is 22.9 Å². The number of nitrogens with zero attached hydrogens (tertiary/aromatic N) is 5. The lowest BCUT2D eigenvalue weighted by Crippen LogP contribution is -1.99. The van der Waals surface area contributed by atoms with Crippen molar-refractivity contribution in [3.63, 3.8) is 0 Å². The molecular weight excluding hydrogens is 229 g/mol.